The summed E-state index contributed by atoms with van der Waals surface area (Å²) in [5, 5.41) is 11.4. The number of hydrogen-bond donors (Lipinski definition) is 1. The molecule has 0 fully saturated rings. The van der Waals surface area contributed by atoms with Crippen LogP contribution in [0.1, 0.15) is 24.5 Å². The summed E-state index contributed by atoms with van der Waals surface area (Å²) in [6.07, 6.45) is 0.973. The second kappa shape index (κ2) is 5.92. The number of hydrogen-bond acceptors (Lipinski definition) is 2. The molecule has 16 heavy (non-hydrogen) atoms. The van der Waals surface area contributed by atoms with E-state index in [-0.39, 0.29) is 11.9 Å². The highest BCUT2D eigenvalue weighted by atomic mass is 16.1. The molecule has 1 unspecified atom stereocenters. The Labute approximate surface area is 96.1 Å². The number of amides is 1. The van der Waals surface area contributed by atoms with Gasteiger partial charge in [-0.2, -0.15) is 5.26 Å². The van der Waals surface area contributed by atoms with Crippen LogP contribution in [-0.2, 0) is 11.2 Å². The van der Waals surface area contributed by atoms with Crippen molar-refractivity contribution in [1.82, 2.24) is 5.32 Å². The molecule has 0 saturated carbocycles. The first kappa shape index (κ1) is 12.3. The second-order valence-corrected chi connectivity index (χ2v) is 3.76. The van der Waals surface area contributed by atoms with Crippen LogP contribution in [0.2, 0.25) is 0 Å². The summed E-state index contributed by atoms with van der Waals surface area (Å²) < 4.78 is 0. The molecule has 1 N–H and O–H groups in total. The molecule has 1 aromatic rings. The van der Waals surface area contributed by atoms with Gasteiger partial charge in [-0.15, -0.1) is 0 Å². The van der Waals surface area contributed by atoms with Gasteiger partial charge in [-0.05, 0) is 24.5 Å². The van der Waals surface area contributed by atoms with Gasteiger partial charge in [0, 0.05) is 0 Å². The molecule has 0 aromatic heterocycles. The molecular weight excluding hydrogens is 200 g/mol. The Hall–Kier alpha value is -1.82. The van der Waals surface area contributed by atoms with Crippen LogP contribution in [0.3, 0.4) is 0 Å². The number of aryl methyl sites for hydroxylation is 1. The molecule has 3 nitrogen and oxygen atoms in total. The van der Waals surface area contributed by atoms with Crippen LogP contribution in [0.4, 0.5) is 0 Å². The van der Waals surface area contributed by atoms with Crippen molar-refractivity contribution in [1.29, 1.82) is 5.26 Å². The number of nitriles is 1. The lowest BCUT2D eigenvalue weighted by Crippen LogP contribution is -2.34. The van der Waals surface area contributed by atoms with Crippen LogP contribution in [0, 0.1) is 18.3 Å². The van der Waals surface area contributed by atoms with Crippen molar-refractivity contribution in [3.8, 4) is 6.07 Å². The molecule has 0 aliphatic carbocycles. The standard InChI is InChI=1S/C13H16N2O/c1-3-12(9-14)15-13(16)8-11-7-5-4-6-10(11)2/h4-7,12H,3,8H2,1-2H3,(H,15,16). The molecular formula is C13H16N2O. The van der Waals surface area contributed by atoms with Crippen LogP contribution < -0.4 is 5.32 Å². The van der Waals surface area contributed by atoms with E-state index in [1.807, 2.05) is 38.1 Å². The predicted octanol–water partition coefficient (Wildman–Crippen LogP) is 1.96. The van der Waals surface area contributed by atoms with E-state index in [9.17, 15) is 4.79 Å². The van der Waals surface area contributed by atoms with Crippen molar-refractivity contribution in [3.05, 3.63) is 35.4 Å². The van der Waals surface area contributed by atoms with E-state index in [0.717, 1.165) is 11.1 Å². The molecule has 0 aliphatic rings. The lowest BCUT2D eigenvalue weighted by atomic mass is 10.1. The monoisotopic (exact) mass is 216 g/mol. The number of nitrogens with one attached hydrogen (secondary N) is 1. The zero-order valence-corrected chi connectivity index (χ0v) is 9.66. The van der Waals surface area contributed by atoms with Crippen LogP contribution in [0.5, 0.6) is 0 Å². The fraction of sp³-hybridized carbons (Fsp3) is 0.385. The molecule has 1 atom stereocenters. The highest BCUT2D eigenvalue weighted by molar-refractivity contribution is 5.79. The van der Waals surface area contributed by atoms with Crippen molar-refractivity contribution >= 4 is 5.91 Å². The largest absolute Gasteiger partial charge is 0.340 e. The number of rotatable bonds is 4. The van der Waals surface area contributed by atoms with Gasteiger partial charge in [-0.1, -0.05) is 31.2 Å². The van der Waals surface area contributed by atoms with Crippen molar-refractivity contribution in [2.75, 3.05) is 0 Å². The molecule has 1 amide bonds. The lowest BCUT2D eigenvalue weighted by Gasteiger charge is -2.10. The SMILES string of the molecule is CCC(C#N)NC(=O)Cc1ccccc1C. The van der Waals surface area contributed by atoms with Crippen LogP contribution >= 0.6 is 0 Å². The first-order chi connectivity index (χ1) is 7.67. The minimum atomic E-state index is -0.378. The molecule has 0 radical (unpaired) electrons. The number of nitrogens with zero attached hydrogens (tertiary/aromatic N) is 1. The van der Waals surface area contributed by atoms with Crippen molar-refractivity contribution < 1.29 is 4.79 Å². The zero-order valence-electron chi connectivity index (χ0n) is 9.66. The van der Waals surface area contributed by atoms with Gasteiger partial charge >= 0.3 is 0 Å². The second-order valence-electron chi connectivity index (χ2n) is 3.76. The lowest BCUT2D eigenvalue weighted by molar-refractivity contribution is -0.120. The third kappa shape index (κ3) is 3.39. The molecule has 0 spiro atoms. The Balaban J connectivity index is 2.59. The summed E-state index contributed by atoms with van der Waals surface area (Å²) in [6.45, 7) is 3.85. The number of carbonyl (C=O) groups is 1. The summed E-state index contributed by atoms with van der Waals surface area (Å²) in [7, 11) is 0. The molecule has 0 heterocycles. The fourth-order valence-corrected chi connectivity index (χ4v) is 1.45. The van der Waals surface area contributed by atoms with Crippen LogP contribution in [0.15, 0.2) is 24.3 Å². The van der Waals surface area contributed by atoms with Gasteiger partial charge in [0.2, 0.25) is 5.91 Å². The highest BCUT2D eigenvalue weighted by Crippen LogP contribution is 2.07. The van der Waals surface area contributed by atoms with Crippen LogP contribution in [0.25, 0.3) is 0 Å². The van der Waals surface area contributed by atoms with Gasteiger partial charge in [0.05, 0.1) is 12.5 Å². The van der Waals surface area contributed by atoms with Gasteiger partial charge in [-0.25, -0.2) is 0 Å². The van der Waals surface area contributed by atoms with E-state index < -0.39 is 0 Å². The van der Waals surface area contributed by atoms with E-state index in [2.05, 4.69) is 11.4 Å². The van der Waals surface area contributed by atoms with Crippen LogP contribution in [-0.4, -0.2) is 11.9 Å². The average molecular weight is 216 g/mol. The quantitative estimate of drug-likeness (QED) is 0.836. The third-order valence-corrected chi connectivity index (χ3v) is 2.51. The molecule has 0 saturated heterocycles. The number of carbonyl (C=O) groups excluding carboxylic acids is 1. The third-order valence-electron chi connectivity index (χ3n) is 2.51. The minimum Gasteiger partial charge on any atom is -0.340 e. The summed E-state index contributed by atoms with van der Waals surface area (Å²) in [5.74, 6) is -0.0947. The minimum absolute atomic E-state index is 0.0947. The van der Waals surface area contributed by atoms with Gasteiger partial charge in [0.1, 0.15) is 6.04 Å². The number of benzene rings is 1. The van der Waals surface area contributed by atoms with Crippen molar-refractivity contribution in [2.45, 2.75) is 32.7 Å². The Morgan fingerprint density at radius 1 is 1.50 bits per heavy atom. The summed E-state index contributed by atoms with van der Waals surface area (Å²) in [6, 6.07) is 9.44. The zero-order chi connectivity index (χ0) is 12.0. The van der Waals surface area contributed by atoms with E-state index in [1.165, 1.54) is 0 Å². The average Bonchev–Trinajstić information content (AvgIpc) is 2.29. The molecule has 84 valence electrons. The van der Waals surface area contributed by atoms with E-state index in [4.69, 9.17) is 5.26 Å². The first-order valence-corrected chi connectivity index (χ1v) is 5.40. The van der Waals surface area contributed by atoms with E-state index in [1.54, 1.807) is 0 Å². The maximum absolute atomic E-state index is 11.6. The summed E-state index contributed by atoms with van der Waals surface area (Å²) >= 11 is 0. The van der Waals surface area contributed by atoms with Crippen molar-refractivity contribution in [3.63, 3.8) is 0 Å². The Morgan fingerprint density at radius 2 is 2.19 bits per heavy atom. The molecule has 1 aromatic carbocycles. The highest BCUT2D eigenvalue weighted by Gasteiger charge is 2.10. The first-order valence-electron chi connectivity index (χ1n) is 5.40. The Bertz CT molecular complexity index is 407. The van der Waals surface area contributed by atoms with E-state index in [0.29, 0.717) is 12.8 Å². The topological polar surface area (TPSA) is 52.9 Å². The Kier molecular flexibility index (Phi) is 4.53. The smallest absolute Gasteiger partial charge is 0.225 e. The van der Waals surface area contributed by atoms with Gasteiger partial charge < -0.3 is 5.32 Å². The summed E-state index contributed by atoms with van der Waals surface area (Å²) in [5.41, 5.74) is 2.11. The molecule has 0 aliphatic heterocycles. The summed E-state index contributed by atoms with van der Waals surface area (Å²) in [4.78, 5) is 11.6. The maximum atomic E-state index is 11.6. The predicted molar refractivity (Wildman–Crippen MR) is 62.7 cm³/mol. The van der Waals surface area contributed by atoms with Gasteiger partial charge in [0.15, 0.2) is 0 Å². The molecule has 1 rings (SSSR count). The fourth-order valence-electron chi connectivity index (χ4n) is 1.45. The van der Waals surface area contributed by atoms with Crippen molar-refractivity contribution in [2.24, 2.45) is 0 Å². The molecule has 3 heteroatoms. The Morgan fingerprint density at radius 3 is 2.75 bits per heavy atom. The van der Waals surface area contributed by atoms with E-state index >= 15 is 0 Å². The molecule has 0 bridgehead atoms. The van der Waals surface area contributed by atoms with Gasteiger partial charge in [-0.3, -0.25) is 4.79 Å². The van der Waals surface area contributed by atoms with Gasteiger partial charge in [0.25, 0.3) is 0 Å². The maximum Gasteiger partial charge on any atom is 0.225 e. The normalized spacial score (nSPS) is 11.6.